The molecule has 31 heavy (non-hydrogen) atoms. The lowest BCUT2D eigenvalue weighted by Crippen LogP contribution is -2.11. The Morgan fingerprint density at radius 2 is 1.65 bits per heavy atom. The number of rotatable bonds is 5. The third kappa shape index (κ3) is 5.10. The first-order chi connectivity index (χ1) is 14.9. The quantitative estimate of drug-likeness (QED) is 0.282. The summed E-state index contributed by atoms with van der Waals surface area (Å²) in [4.78, 5) is 7.65. The maximum Gasteiger partial charge on any atom is 0.433 e. The number of alkyl halides is 3. The highest BCUT2D eigenvalue weighted by molar-refractivity contribution is 6.30. The van der Waals surface area contributed by atoms with Crippen molar-refractivity contribution >= 4 is 23.8 Å². The molecule has 0 unspecified atom stereocenters. The van der Waals surface area contributed by atoms with Gasteiger partial charge in [0.05, 0.1) is 11.9 Å². The molecule has 0 saturated carbocycles. The van der Waals surface area contributed by atoms with E-state index in [2.05, 4.69) is 20.5 Å². The molecule has 1 N–H and O–H groups in total. The zero-order valence-corrected chi connectivity index (χ0v) is 16.5. The molecule has 0 saturated heterocycles. The normalized spacial score (nSPS) is 11.7. The second-order valence-corrected chi connectivity index (χ2v) is 6.84. The largest absolute Gasteiger partial charge is 0.455 e. The minimum Gasteiger partial charge on any atom is -0.455 e. The summed E-state index contributed by atoms with van der Waals surface area (Å²) in [5.41, 5.74) is 2.86. The summed E-state index contributed by atoms with van der Waals surface area (Å²) in [6, 6.07) is 19.9. The smallest absolute Gasteiger partial charge is 0.433 e. The molecular formula is C22H14ClF3N4O. The molecule has 0 bridgehead atoms. The number of nitrogens with zero attached hydrogens (tertiary/aromatic N) is 3. The van der Waals surface area contributed by atoms with Crippen LogP contribution in [-0.2, 0) is 6.18 Å². The summed E-state index contributed by atoms with van der Waals surface area (Å²) in [6.07, 6.45) is -3.30. The fourth-order valence-electron chi connectivity index (χ4n) is 2.74. The van der Waals surface area contributed by atoms with Crippen molar-refractivity contribution in [3.05, 3.63) is 89.3 Å². The van der Waals surface area contributed by atoms with E-state index in [1.165, 1.54) is 6.21 Å². The van der Waals surface area contributed by atoms with E-state index < -0.39 is 11.9 Å². The molecule has 2 aromatic carbocycles. The lowest BCUT2D eigenvalue weighted by Gasteiger charge is -2.10. The van der Waals surface area contributed by atoms with Crippen molar-refractivity contribution in [1.82, 2.24) is 9.97 Å². The Kier molecular flexibility index (Phi) is 5.73. The van der Waals surface area contributed by atoms with Gasteiger partial charge in [-0.05, 0) is 42.5 Å². The molecule has 9 heteroatoms. The summed E-state index contributed by atoms with van der Waals surface area (Å²) in [6.45, 7) is 0. The molecule has 0 aliphatic rings. The zero-order chi connectivity index (χ0) is 21.8. The van der Waals surface area contributed by atoms with Crippen molar-refractivity contribution in [2.45, 2.75) is 6.18 Å². The van der Waals surface area contributed by atoms with Crippen molar-refractivity contribution in [2.24, 2.45) is 5.10 Å². The molecule has 0 aliphatic heterocycles. The van der Waals surface area contributed by atoms with E-state index in [0.29, 0.717) is 22.1 Å². The summed E-state index contributed by atoms with van der Waals surface area (Å²) in [7, 11) is 0. The van der Waals surface area contributed by atoms with Crippen LogP contribution in [0.4, 0.5) is 19.1 Å². The molecule has 0 amide bonds. The minimum atomic E-state index is -4.62. The number of benzene rings is 2. The number of aromatic nitrogens is 2. The zero-order valence-electron chi connectivity index (χ0n) is 15.8. The van der Waals surface area contributed by atoms with Crippen LogP contribution in [0.15, 0.2) is 82.3 Å². The highest BCUT2D eigenvalue weighted by Crippen LogP contribution is 2.31. The van der Waals surface area contributed by atoms with Gasteiger partial charge in [-0.25, -0.2) is 15.4 Å². The second-order valence-electron chi connectivity index (χ2n) is 6.40. The van der Waals surface area contributed by atoms with Crippen molar-refractivity contribution in [1.29, 1.82) is 0 Å². The monoisotopic (exact) mass is 442 g/mol. The molecule has 4 aromatic rings. The summed E-state index contributed by atoms with van der Waals surface area (Å²) in [5.74, 6) is 0.710. The minimum absolute atomic E-state index is 0.128. The Hall–Kier alpha value is -3.65. The summed E-state index contributed by atoms with van der Waals surface area (Å²) >= 11 is 5.88. The molecule has 5 nitrogen and oxygen atoms in total. The van der Waals surface area contributed by atoms with Crippen molar-refractivity contribution in [3.63, 3.8) is 0 Å². The van der Waals surface area contributed by atoms with Gasteiger partial charge in [-0.15, -0.1) is 0 Å². The van der Waals surface area contributed by atoms with E-state index in [0.717, 1.165) is 11.6 Å². The van der Waals surface area contributed by atoms with Crippen LogP contribution in [0.1, 0.15) is 11.5 Å². The number of nitrogens with one attached hydrogen (secondary N) is 1. The van der Waals surface area contributed by atoms with Gasteiger partial charge in [-0.3, -0.25) is 0 Å². The number of halogens is 4. The van der Waals surface area contributed by atoms with E-state index in [4.69, 9.17) is 16.0 Å². The average Bonchev–Trinajstić information content (AvgIpc) is 3.23. The topological polar surface area (TPSA) is 63.3 Å². The van der Waals surface area contributed by atoms with Gasteiger partial charge in [0.15, 0.2) is 5.69 Å². The van der Waals surface area contributed by atoms with Gasteiger partial charge >= 0.3 is 6.18 Å². The number of anilines is 1. The lowest BCUT2D eigenvalue weighted by molar-refractivity contribution is -0.141. The van der Waals surface area contributed by atoms with Crippen molar-refractivity contribution in [3.8, 4) is 22.6 Å². The molecule has 2 aromatic heterocycles. The van der Waals surface area contributed by atoms with Gasteiger partial charge in [0, 0.05) is 16.1 Å². The van der Waals surface area contributed by atoms with Gasteiger partial charge in [0.25, 0.3) is 0 Å². The third-order valence-corrected chi connectivity index (χ3v) is 4.45. The highest BCUT2D eigenvalue weighted by Gasteiger charge is 2.33. The fourth-order valence-corrected chi connectivity index (χ4v) is 2.87. The Labute approximate surface area is 180 Å². The van der Waals surface area contributed by atoms with Crippen LogP contribution >= 0.6 is 11.6 Å². The van der Waals surface area contributed by atoms with E-state index in [1.807, 2.05) is 12.1 Å². The Morgan fingerprint density at radius 3 is 2.35 bits per heavy atom. The van der Waals surface area contributed by atoms with Crippen molar-refractivity contribution in [2.75, 3.05) is 5.43 Å². The van der Waals surface area contributed by atoms with Crippen LogP contribution in [0.3, 0.4) is 0 Å². The molecule has 0 aliphatic carbocycles. The van der Waals surface area contributed by atoms with Crippen LogP contribution in [0.5, 0.6) is 0 Å². The Bertz CT molecular complexity index is 1210. The van der Waals surface area contributed by atoms with Crippen LogP contribution < -0.4 is 5.43 Å². The second kappa shape index (κ2) is 8.61. The number of furan rings is 1. The van der Waals surface area contributed by atoms with E-state index >= 15 is 0 Å². The van der Waals surface area contributed by atoms with Crippen molar-refractivity contribution < 1.29 is 17.6 Å². The standard InChI is InChI=1S/C22H14ClF3N4O/c23-16-8-6-15(7-9-16)19-11-10-17(31-19)13-27-30-21-28-18(14-4-2-1-3-5-14)12-20(29-21)22(24,25)26/h1-13H,(H,28,29,30)/b27-13+. The molecule has 0 fully saturated rings. The van der Waals surface area contributed by atoms with E-state index in [1.54, 1.807) is 54.6 Å². The van der Waals surface area contributed by atoms with Gasteiger partial charge in [-0.2, -0.15) is 18.3 Å². The van der Waals surface area contributed by atoms with Crippen LogP contribution in [0.25, 0.3) is 22.6 Å². The SMILES string of the molecule is FC(F)(F)c1cc(-c2ccccc2)nc(N/N=C/c2ccc(-c3ccc(Cl)cc3)o2)n1. The number of hydrogen-bond donors (Lipinski definition) is 1. The van der Waals surface area contributed by atoms with Gasteiger partial charge in [-0.1, -0.05) is 41.9 Å². The predicted octanol–water partition coefficient (Wildman–Crippen LogP) is 6.52. The Balaban J connectivity index is 1.55. The van der Waals surface area contributed by atoms with Gasteiger partial charge < -0.3 is 4.42 Å². The van der Waals surface area contributed by atoms with E-state index in [-0.39, 0.29) is 11.6 Å². The van der Waals surface area contributed by atoms with Gasteiger partial charge in [0.2, 0.25) is 5.95 Å². The number of hydrazone groups is 1. The third-order valence-electron chi connectivity index (χ3n) is 4.20. The molecular weight excluding hydrogens is 429 g/mol. The van der Waals surface area contributed by atoms with Crippen LogP contribution in [0.2, 0.25) is 5.02 Å². The van der Waals surface area contributed by atoms with E-state index in [9.17, 15) is 13.2 Å². The number of hydrogen-bond acceptors (Lipinski definition) is 5. The summed E-state index contributed by atoms with van der Waals surface area (Å²) in [5, 5.41) is 4.52. The first kappa shape index (κ1) is 20.6. The Morgan fingerprint density at radius 1 is 0.903 bits per heavy atom. The van der Waals surface area contributed by atoms with Crippen LogP contribution in [-0.4, -0.2) is 16.2 Å². The molecule has 0 spiro atoms. The molecule has 2 heterocycles. The maximum absolute atomic E-state index is 13.3. The predicted molar refractivity (Wildman–Crippen MR) is 113 cm³/mol. The molecule has 0 atom stereocenters. The van der Waals surface area contributed by atoms with Crippen LogP contribution in [0, 0.1) is 0 Å². The lowest BCUT2D eigenvalue weighted by atomic mass is 10.1. The first-order valence-electron chi connectivity index (χ1n) is 9.05. The summed E-state index contributed by atoms with van der Waals surface area (Å²) < 4.78 is 45.4. The average molecular weight is 443 g/mol. The first-order valence-corrected chi connectivity index (χ1v) is 9.43. The maximum atomic E-state index is 13.3. The fraction of sp³-hybridized carbons (Fsp3) is 0.0455. The molecule has 156 valence electrons. The molecule has 0 radical (unpaired) electrons. The highest BCUT2D eigenvalue weighted by atomic mass is 35.5. The van der Waals surface area contributed by atoms with Gasteiger partial charge in [0.1, 0.15) is 11.5 Å². The molecule has 4 rings (SSSR count).